The Balaban J connectivity index is 1.62. The number of aromatic nitrogens is 2. The molecule has 6 heteroatoms. The Labute approximate surface area is 150 Å². The molecule has 1 heterocycles. The van der Waals surface area contributed by atoms with Gasteiger partial charge in [0.2, 0.25) is 5.91 Å². The van der Waals surface area contributed by atoms with E-state index in [9.17, 15) is 9.18 Å². The van der Waals surface area contributed by atoms with E-state index in [2.05, 4.69) is 16.4 Å². The lowest BCUT2D eigenvalue weighted by Gasteiger charge is -2.07. The van der Waals surface area contributed by atoms with Crippen molar-refractivity contribution in [2.24, 2.45) is 0 Å². The lowest BCUT2D eigenvalue weighted by molar-refractivity contribution is -0.116. The van der Waals surface area contributed by atoms with E-state index < -0.39 is 5.82 Å². The second kappa shape index (κ2) is 7.90. The minimum Gasteiger partial charge on any atom is -0.348 e. The van der Waals surface area contributed by atoms with Crippen molar-refractivity contribution in [1.82, 2.24) is 14.9 Å². The smallest absolute Gasteiger partial charge is 0.244 e. The monoisotopic (exact) mass is 346 g/mol. The van der Waals surface area contributed by atoms with Gasteiger partial charge < -0.3 is 9.88 Å². The molecule has 5 nitrogen and oxygen atoms in total. The number of benzene rings is 2. The van der Waals surface area contributed by atoms with Crippen molar-refractivity contribution in [1.29, 1.82) is 5.26 Å². The van der Waals surface area contributed by atoms with Crippen LogP contribution >= 0.6 is 0 Å². The molecular weight excluding hydrogens is 331 g/mol. The van der Waals surface area contributed by atoms with E-state index in [0.717, 1.165) is 0 Å². The van der Waals surface area contributed by atoms with Gasteiger partial charge in [0.25, 0.3) is 0 Å². The third-order valence-corrected chi connectivity index (χ3v) is 3.76. The molecule has 0 aliphatic carbocycles. The predicted molar refractivity (Wildman–Crippen MR) is 95.6 cm³/mol. The summed E-state index contributed by atoms with van der Waals surface area (Å²) in [6, 6.07) is 13.8. The van der Waals surface area contributed by atoms with Crippen LogP contribution in [0.2, 0.25) is 0 Å². The maximum absolute atomic E-state index is 14.2. The Morgan fingerprint density at radius 1 is 1.31 bits per heavy atom. The van der Waals surface area contributed by atoms with Crippen LogP contribution in [0.25, 0.3) is 11.8 Å². The lowest BCUT2D eigenvalue weighted by atomic mass is 10.1. The number of hydrogen-bond acceptors (Lipinski definition) is 3. The Bertz CT molecular complexity index is 987. The zero-order valence-corrected chi connectivity index (χ0v) is 13.8. The molecule has 1 N–H and O–H groups in total. The summed E-state index contributed by atoms with van der Waals surface area (Å²) < 4.78 is 15.8. The summed E-state index contributed by atoms with van der Waals surface area (Å²) in [6.45, 7) is 0.199. The van der Waals surface area contributed by atoms with Crippen LogP contribution < -0.4 is 5.32 Å². The average molecular weight is 346 g/mol. The molecule has 0 aliphatic heterocycles. The van der Waals surface area contributed by atoms with Crippen LogP contribution in [-0.4, -0.2) is 15.5 Å². The van der Waals surface area contributed by atoms with E-state index in [1.54, 1.807) is 59.4 Å². The van der Waals surface area contributed by atoms with Crippen LogP contribution in [0.4, 0.5) is 4.39 Å². The largest absolute Gasteiger partial charge is 0.348 e. The molecule has 1 aromatic heterocycles. The Kier molecular flexibility index (Phi) is 5.20. The van der Waals surface area contributed by atoms with Crippen molar-refractivity contribution >= 4 is 12.0 Å². The van der Waals surface area contributed by atoms with Gasteiger partial charge in [0.1, 0.15) is 5.82 Å². The van der Waals surface area contributed by atoms with Gasteiger partial charge in [-0.15, -0.1) is 0 Å². The third kappa shape index (κ3) is 4.02. The van der Waals surface area contributed by atoms with Gasteiger partial charge in [0.15, 0.2) is 0 Å². The molecule has 1 amide bonds. The molecule has 0 atom stereocenters. The summed E-state index contributed by atoms with van der Waals surface area (Å²) >= 11 is 0. The standard InChI is InChI=1S/C20H15FN4O/c21-18-11-15(5-7-19(18)25-10-9-23-14-25)13-24-20(26)8-6-16-3-1-2-4-17(16)12-22/h1-11,14H,13H2,(H,24,26)/b8-6+. The third-order valence-electron chi connectivity index (χ3n) is 3.76. The van der Waals surface area contributed by atoms with Gasteiger partial charge in [0.05, 0.1) is 23.6 Å². The molecule has 26 heavy (non-hydrogen) atoms. The van der Waals surface area contributed by atoms with Crippen LogP contribution in [-0.2, 0) is 11.3 Å². The normalized spacial score (nSPS) is 10.6. The molecule has 2 aromatic carbocycles. The van der Waals surface area contributed by atoms with Gasteiger partial charge in [-0.1, -0.05) is 24.3 Å². The summed E-state index contributed by atoms with van der Waals surface area (Å²) in [6.07, 6.45) is 7.68. The first-order valence-electron chi connectivity index (χ1n) is 7.89. The van der Waals surface area contributed by atoms with Crippen molar-refractivity contribution < 1.29 is 9.18 Å². The van der Waals surface area contributed by atoms with Crippen molar-refractivity contribution in [3.05, 3.63) is 89.8 Å². The summed E-state index contributed by atoms with van der Waals surface area (Å²) in [5.74, 6) is -0.718. The van der Waals surface area contributed by atoms with Crippen molar-refractivity contribution in [3.63, 3.8) is 0 Å². The van der Waals surface area contributed by atoms with E-state index in [1.165, 1.54) is 18.5 Å². The Morgan fingerprint density at radius 2 is 2.15 bits per heavy atom. The molecule has 3 aromatic rings. The number of rotatable bonds is 5. The predicted octanol–water partition coefficient (Wildman–Crippen LogP) is 3.21. The van der Waals surface area contributed by atoms with Crippen LogP contribution in [0.1, 0.15) is 16.7 Å². The second-order valence-electron chi connectivity index (χ2n) is 5.51. The van der Waals surface area contributed by atoms with Gasteiger partial charge in [-0.3, -0.25) is 4.79 Å². The van der Waals surface area contributed by atoms with Crippen molar-refractivity contribution in [3.8, 4) is 11.8 Å². The number of nitrogens with zero attached hydrogens (tertiary/aromatic N) is 3. The first-order valence-corrected chi connectivity index (χ1v) is 7.89. The van der Waals surface area contributed by atoms with Crippen LogP contribution in [0.5, 0.6) is 0 Å². The van der Waals surface area contributed by atoms with E-state index in [0.29, 0.717) is 22.4 Å². The SMILES string of the molecule is N#Cc1ccccc1/C=C/C(=O)NCc1ccc(-n2ccnc2)c(F)c1. The van der Waals surface area contributed by atoms with Gasteiger partial charge in [-0.05, 0) is 35.4 Å². The maximum atomic E-state index is 14.2. The topological polar surface area (TPSA) is 70.7 Å². The number of hydrogen-bond donors (Lipinski definition) is 1. The molecule has 0 saturated heterocycles. The van der Waals surface area contributed by atoms with Gasteiger partial charge in [-0.2, -0.15) is 5.26 Å². The van der Waals surface area contributed by atoms with Gasteiger partial charge in [0, 0.05) is 25.0 Å². The van der Waals surface area contributed by atoms with Gasteiger partial charge >= 0.3 is 0 Å². The van der Waals surface area contributed by atoms with Gasteiger partial charge in [-0.25, -0.2) is 9.37 Å². The number of halogens is 1. The second-order valence-corrected chi connectivity index (χ2v) is 5.51. The summed E-state index contributed by atoms with van der Waals surface area (Å²) in [7, 11) is 0. The molecule has 0 unspecified atom stereocenters. The van der Waals surface area contributed by atoms with Crippen molar-refractivity contribution in [2.45, 2.75) is 6.54 Å². The minimum absolute atomic E-state index is 0.199. The molecule has 0 saturated carbocycles. The molecule has 0 aliphatic rings. The summed E-state index contributed by atoms with van der Waals surface area (Å²) in [5, 5.41) is 11.7. The molecule has 0 bridgehead atoms. The highest BCUT2D eigenvalue weighted by Gasteiger charge is 2.06. The number of nitriles is 1. The Hall–Kier alpha value is -3.72. The summed E-state index contributed by atoms with van der Waals surface area (Å²) in [5.41, 5.74) is 2.20. The number of carbonyl (C=O) groups excluding carboxylic acids is 1. The lowest BCUT2D eigenvalue weighted by Crippen LogP contribution is -2.20. The number of carbonyl (C=O) groups is 1. The zero-order valence-electron chi connectivity index (χ0n) is 13.8. The maximum Gasteiger partial charge on any atom is 0.244 e. The minimum atomic E-state index is -0.395. The molecular formula is C20H15FN4O. The van der Waals surface area contributed by atoms with Crippen LogP contribution in [0.15, 0.2) is 67.3 Å². The fourth-order valence-corrected chi connectivity index (χ4v) is 2.43. The van der Waals surface area contributed by atoms with Crippen LogP contribution in [0, 0.1) is 17.1 Å². The highest BCUT2D eigenvalue weighted by Crippen LogP contribution is 2.15. The van der Waals surface area contributed by atoms with Crippen molar-refractivity contribution in [2.75, 3.05) is 0 Å². The summed E-state index contributed by atoms with van der Waals surface area (Å²) in [4.78, 5) is 15.8. The van der Waals surface area contributed by atoms with E-state index >= 15 is 0 Å². The highest BCUT2D eigenvalue weighted by molar-refractivity contribution is 5.92. The van der Waals surface area contributed by atoms with E-state index in [1.807, 2.05) is 0 Å². The fraction of sp³-hybridized carbons (Fsp3) is 0.0500. The van der Waals surface area contributed by atoms with E-state index in [-0.39, 0.29) is 12.5 Å². The number of amides is 1. The van der Waals surface area contributed by atoms with Crippen LogP contribution in [0.3, 0.4) is 0 Å². The Morgan fingerprint density at radius 3 is 2.88 bits per heavy atom. The van der Waals surface area contributed by atoms with E-state index in [4.69, 9.17) is 5.26 Å². The molecule has 3 rings (SSSR count). The zero-order chi connectivity index (χ0) is 18.4. The number of nitrogens with one attached hydrogen (secondary N) is 1. The number of imidazole rings is 1. The highest BCUT2D eigenvalue weighted by atomic mass is 19.1. The average Bonchev–Trinajstić information content (AvgIpc) is 3.19. The quantitative estimate of drug-likeness (QED) is 0.721. The first-order chi connectivity index (χ1) is 12.7. The first kappa shape index (κ1) is 17.1. The fourth-order valence-electron chi connectivity index (χ4n) is 2.43. The molecule has 0 radical (unpaired) electrons. The molecule has 128 valence electrons. The molecule has 0 fully saturated rings. The molecule has 0 spiro atoms.